The second-order valence-corrected chi connectivity index (χ2v) is 7.94. The van der Waals surface area contributed by atoms with Crippen molar-refractivity contribution in [1.82, 2.24) is 15.3 Å². The van der Waals surface area contributed by atoms with Gasteiger partial charge in [0.1, 0.15) is 17.0 Å². The summed E-state index contributed by atoms with van der Waals surface area (Å²) in [6.45, 7) is 4.13. The highest BCUT2D eigenvalue weighted by Crippen LogP contribution is 2.35. The van der Waals surface area contributed by atoms with Crippen LogP contribution >= 0.6 is 11.3 Å². The van der Waals surface area contributed by atoms with E-state index in [4.69, 9.17) is 0 Å². The lowest BCUT2D eigenvalue weighted by atomic mass is 10.1. The molecule has 0 spiro atoms. The number of hydrogen-bond acceptors (Lipinski definition) is 5. The van der Waals surface area contributed by atoms with Gasteiger partial charge in [-0.15, -0.1) is 11.3 Å². The van der Waals surface area contributed by atoms with Crippen LogP contribution in [-0.2, 0) is 0 Å². The highest BCUT2D eigenvalue weighted by molar-refractivity contribution is 7.20. The van der Waals surface area contributed by atoms with Gasteiger partial charge >= 0.3 is 0 Å². The number of fused-ring (bicyclic) bond motifs is 1. The largest absolute Gasteiger partial charge is 0.356 e. The van der Waals surface area contributed by atoms with Crippen LogP contribution in [0.5, 0.6) is 0 Å². The molecule has 6 heteroatoms. The SMILES string of the molecule is Cc1c(C(=O)NC2CC2)sc2ncnc(N3CCCCCCC3)c12. The molecule has 1 saturated carbocycles. The Hall–Kier alpha value is -1.69. The molecule has 0 aromatic carbocycles. The second kappa shape index (κ2) is 6.67. The van der Waals surface area contributed by atoms with Crippen LogP contribution in [0.15, 0.2) is 6.33 Å². The van der Waals surface area contributed by atoms with Crippen molar-refractivity contribution in [3.63, 3.8) is 0 Å². The Kier molecular flexibility index (Phi) is 4.39. The Morgan fingerprint density at radius 2 is 1.88 bits per heavy atom. The first kappa shape index (κ1) is 15.8. The summed E-state index contributed by atoms with van der Waals surface area (Å²) >= 11 is 1.50. The van der Waals surface area contributed by atoms with Crippen LogP contribution in [0, 0.1) is 6.92 Å². The topological polar surface area (TPSA) is 58.1 Å². The zero-order valence-corrected chi connectivity index (χ0v) is 15.0. The number of hydrogen-bond donors (Lipinski definition) is 1. The highest BCUT2D eigenvalue weighted by atomic mass is 32.1. The van der Waals surface area contributed by atoms with Crippen molar-refractivity contribution in [3.8, 4) is 0 Å². The van der Waals surface area contributed by atoms with E-state index in [9.17, 15) is 4.79 Å². The summed E-state index contributed by atoms with van der Waals surface area (Å²) in [5, 5.41) is 4.17. The lowest BCUT2D eigenvalue weighted by Gasteiger charge is -2.26. The maximum Gasteiger partial charge on any atom is 0.261 e. The maximum absolute atomic E-state index is 12.5. The number of nitrogens with one attached hydrogen (secondary N) is 1. The van der Waals surface area contributed by atoms with Crippen LogP contribution in [0.1, 0.15) is 60.2 Å². The van der Waals surface area contributed by atoms with E-state index in [0.717, 1.165) is 52.4 Å². The van der Waals surface area contributed by atoms with E-state index >= 15 is 0 Å². The van der Waals surface area contributed by atoms with Crippen molar-refractivity contribution in [2.24, 2.45) is 0 Å². The van der Waals surface area contributed by atoms with Crippen molar-refractivity contribution >= 4 is 33.3 Å². The van der Waals surface area contributed by atoms with Crippen LogP contribution < -0.4 is 10.2 Å². The molecule has 2 fully saturated rings. The lowest BCUT2D eigenvalue weighted by molar-refractivity contribution is 0.0954. The Bertz CT molecular complexity index is 745. The monoisotopic (exact) mass is 344 g/mol. The van der Waals surface area contributed by atoms with Gasteiger partial charge in [-0.05, 0) is 38.2 Å². The third-order valence-corrected chi connectivity index (χ3v) is 6.18. The minimum atomic E-state index is 0.0524. The van der Waals surface area contributed by atoms with Crippen molar-refractivity contribution in [2.75, 3.05) is 18.0 Å². The van der Waals surface area contributed by atoms with Gasteiger partial charge in [-0.2, -0.15) is 0 Å². The number of aromatic nitrogens is 2. The van der Waals surface area contributed by atoms with E-state index in [1.165, 1.54) is 43.4 Å². The molecular weight excluding hydrogens is 320 g/mol. The summed E-state index contributed by atoms with van der Waals surface area (Å²) in [6.07, 6.45) is 10.2. The first-order valence-corrected chi connectivity index (χ1v) is 9.85. The molecule has 0 unspecified atom stereocenters. The highest BCUT2D eigenvalue weighted by Gasteiger charge is 2.27. The molecule has 1 amide bonds. The molecule has 1 aliphatic carbocycles. The molecule has 3 heterocycles. The molecule has 128 valence electrons. The molecule has 1 saturated heterocycles. The molecule has 1 aliphatic heterocycles. The summed E-state index contributed by atoms with van der Waals surface area (Å²) in [7, 11) is 0. The Balaban J connectivity index is 1.70. The minimum Gasteiger partial charge on any atom is -0.356 e. The molecular formula is C18H24N4OS. The number of anilines is 1. The second-order valence-electron chi connectivity index (χ2n) is 6.94. The van der Waals surface area contributed by atoms with Crippen LogP contribution in [0.4, 0.5) is 5.82 Å². The third kappa shape index (κ3) is 3.11. The zero-order valence-electron chi connectivity index (χ0n) is 14.2. The minimum absolute atomic E-state index is 0.0524. The fourth-order valence-corrected chi connectivity index (χ4v) is 4.49. The quantitative estimate of drug-likeness (QED) is 0.923. The predicted molar refractivity (Wildman–Crippen MR) is 97.9 cm³/mol. The summed E-state index contributed by atoms with van der Waals surface area (Å²) in [6, 6.07) is 0.377. The summed E-state index contributed by atoms with van der Waals surface area (Å²) in [4.78, 5) is 25.7. The van der Waals surface area contributed by atoms with Gasteiger partial charge < -0.3 is 10.2 Å². The van der Waals surface area contributed by atoms with Crippen molar-refractivity contribution < 1.29 is 4.79 Å². The van der Waals surface area contributed by atoms with Gasteiger partial charge in [0.25, 0.3) is 5.91 Å². The maximum atomic E-state index is 12.5. The standard InChI is InChI=1S/C18H24N4OS/c1-12-14-16(22-9-5-3-2-4-6-10-22)19-11-20-18(14)24-15(12)17(23)21-13-7-8-13/h11,13H,2-10H2,1H3,(H,21,23). The number of carbonyl (C=O) groups excluding carboxylic acids is 1. The van der Waals surface area contributed by atoms with Gasteiger partial charge in [0.2, 0.25) is 0 Å². The van der Waals surface area contributed by atoms with E-state index < -0.39 is 0 Å². The van der Waals surface area contributed by atoms with Crippen molar-refractivity contribution in [2.45, 2.75) is 57.9 Å². The van der Waals surface area contributed by atoms with Crippen molar-refractivity contribution in [1.29, 1.82) is 0 Å². The Morgan fingerprint density at radius 1 is 1.17 bits per heavy atom. The van der Waals surface area contributed by atoms with E-state index in [2.05, 4.69) is 20.2 Å². The molecule has 2 aliphatic rings. The van der Waals surface area contributed by atoms with Crippen LogP contribution in [0.3, 0.4) is 0 Å². The molecule has 4 rings (SSSR count). The van der Waals surface area contributed by atoms with Gasteiger partial charge in [-0.25, -0.2) is 9.97 Å². The molecule has 1 N–H and O–H groups in total. The van der Waals surface area contributed by atoms with Crippen molar-refractivity contribution in [3.05, 3.63) is 16.8 Å². The number of thiophene rings is 1. The van der Waals surface area contributed by atoms with E-state index in [-0.39, 0.29) is 5.91 Å². The number of amides is 1. The molecule has 0 atom stereocenters. The smallest absolute Gasteiger partial charge is 0.261 e. The summed E-state index contributed by atoms with van der Waals surface area (Å²) in [5.74, 6) is 1.07. The van der Waals surface area contributed by atoms with Gasteiger partial charge in [-0.3, -0.25) is 4.79 Å². The number of aryl methyl sites for hydroxylation is 1. The molecule has 5 nitrogen and oxygen atoms in total. The van der Waals surface area contributed by atoms with E-state index in [1.807, 2.05) is 6.92 Å². The molecule has 0 bridgehead atoms. The average molecular weight is 344 g/mol. The Labute approximate surface area is 146 Å². The van der Waals surface area contributed by atoms with Crippen LogP contribution in [0.2, 0.25) is 0 Å². The molecule has 0 radical (unpaired) electrons. The lowest BCUT2D eigenvalue weighted by Crippen LogP contribution is -2.28. The predicted octanol–water partition coefficient (Wildman–Crippen LogP) is 3.66. The zero-order chi connectivity index (χ0) is 16.5. The summed E-state index contributed by atoms with van der Waals surface area (Å²) in [5.41, 5.74) is 1.03. The van der Waals surface area contributed by atoms with Crippen LogP contribution in [0.25, 0.3) is 10.2 Å². The molecule has 2 aromatic rings. The Morgan fingerprint density at radius 3 is 2.58 bits per heavy atom. The number of nitrogens with zero attached hydrogens (tertiary/aromatic N) is 3. The molecule has 2 aromatic heterocycles. The van der Waals surface area contributed by atoms with Crippen LogP contribution in [-0.4, -0.2) is 35.0 Å². The van der Waals surface area contributed by atoms with E-state index in [0.29, 0.717) is 6.04 Å². The van der Waals surface area contributed by atoms with Gasteiger partial charge in [0, 0.05) is 19.1 Å². The first-order chi connectivity index (χ1) is 11.7. The fourth-order valence-electron chi connectivity index (χ4n) is 3.45. The average Bonchev–Trinajstić information content (AvgIpc) is 3.29. The normalized spacial score (nSPS) is 19.1. The number of carbonyl (C=O) groups is 1. The first-order valence-electron chi connectivity index (χ1n) is 9.04. The fraction of sp³-hybridized carbons (Fsp3) is 0.611. The van der Waals surface area contributed by atoms with Gasteiger partial charge in [0.05, 0.1) is 10.3 Å². The number of rotatable bonds is 3. The summed E-state index contributed by atoms with van der Waals surface area (Å²) < 4.78 is 0. The van der Waals surface area contributed by atoms with Gasteiger partial charge in [-0.1, -0.05) is 19.3 Å². The molecule has 24 heavy (non-hydrogen) atoms. The third-order valence-electron chi connectivity index (χ3n) is 4.98. The van der Waals surface area contributed by atoms with E-state index in [1.54, 1.807) is 6.33 Å². The van der Waals surface area contributed by atoms with Gasteiger partial charge in [0.15, 0.2) is 0 Å².